The summed E-state index contributed by atoms with van der Waals surface area (Å²) < 4.78 is 32.4. The maximum atomic E-state index is 11.7. The van der Waals surface area contributed by atoms with Crippen molar-refractivity contribution in [3.63, 3.8) is 0 Å². The van der Waals surface area contributed by atoms with Crippen molar-refractivity contribution in [1.82, 2.24) is 34.2 Å². The molecule has 0 bridgehead atoms. The van der Waals surface area contributed by atoms with Crippen LogP contribution in [0, 0.1) is 0 Å². The maximum Gasteiger partial charge on any atom is 0.219 e. The molecule has 2 fully saturated rings. The number of sulfonamides is 1. The van der Waals surface area contributed by atoms with Crippen LogP contribution in [0.3, 0.4) is 0 Å². The molecule has 12 nitrogen and oxygen atoms in total. The Labute approximate surface area is 198 Å². The molecule has 2 aliphatic rings. The summed E-state index contributed by atoms with van der Waals surface area (Å²) in [5.74, 6) is 1.06. The molecule has 5 heterocycles. The van der Waals surface area contributed by atoms with Gasteiger partial charge in [0.2, 0.25) is 16.0 Å². The second kappa shape index (κ2) is 9.41. The van der Waals surface area contributed by atoms with E-state index in [2.05, 4.69) is 26.3 Å². The first-order chi connectivity index (χ1) is 16.4. The summed E-state index contributed by atoms with van der Waals surface area (Å²) in [6.45, 7) is 4.48. The Morgan fingerprint density at radius 3 is 2.53 bits per heavy atom. The highest BCUT2D eigenvalue weighted by molar-refractivity contribution is 7.88. The van der Waals surface area contributed by atoms with Crippen molar-refractivity contribution in [2.75, 3.05) is 56.3 Å². The Balaban J connectivity index is 1.38. The lowest BCUT2D eigenvalue weighted by Gasteiger charge is -2.30. The maximum absolute atomic E-state index is 11.7. The number of nitrogens with two attached hydrogens (primary N) is 1. The van der Waals surface area contributed by atoms with Crippen LogP contribution in [0.1, 0.15) is 18.5 Å². The fourth-order valence-corrected chi connectivity index (χ4v) is 5.24. The number of nitrogens with zero attached hydrogens (tertiary/aromatic N) is 7. The molecule has 3 aromatic heterocycles. The van der Waals surface area contributed by atoms with Crippen LogP contribution < -0.4 is 16.0 Å². The van der Waals surface area contributed by atoms with Gasteiger partial charge in [0.25, 0.3) is 0 Å². The van der Waals surface area contributed by atoms with Gasteiger partial charge in [-0.1, -0.05) is 0 Å². The van der Waals surface area contributed by atoms with Crippen molar-refractivity contribution in [1.29, 1.82) is 0 Å². The van der Waals surface area contributed by atoms with Crippen LogP contribution in [0.2, 0.25) is 0 Å². The molecular formula is C21H29N9O3S. The molecule has 2 saturated heterocycles. The van der Waals surface area contributed by atoms with E-state index in [-0.39, 0.29) is 12.0 Å². The molecule has 0 saturated carbocycles. The number of morpholine rings is 1. The molecule has 182 valence electrons. The normalized spacial score (nSPS) is 18.6. The number of hydrogen-bond acceptors (Lipinski definition) is 10. The molecule has 0 spiro atoms. The standard InChI is InChI=1S/C21H29N9O3S/c1-34(31,32)29-4-2-16(3-5-29)23-13-17-10-19-20(28-6-8-33-9-7-28)26-18(14-30(19)27-17)15-11-24-21(22)25-12-15/h10-12,14,16,23H,2-9,13H2,1H3,(H2,22,24,25). The predicted octanol–water partition coefficient (Wildman–Crippen LogP) is 0.119. The largest absolute Gasteiger partial charge is 0.378 e. The first-order valence-corrected chi connectivity index (χ1v) is 13.2. The summed E-state index contributed by atoms with van der Waals surface area (Å²) in [6, 6.07) is 2.31. The van der Waals surface area contributed by atoms with Crippen molar-refractivity contribution < 1.29 is 13.2 Å². The summed E-state index contributed by atoms with van der Waals surface area (Å²) in [6.07, 6.45) is 8.03. The Hall–Kier alpha value is -2.87. The summed E-state index contributed by atoms with van der Waals surface area (Å²) in [5.41, 5.74) is 8.94. The average molecular weight is 488 g/mol. The molecule has 3 aromatic rings. The monoisotopic (exact) mass is 487 g/mol. The number of anilines is 2. The number of nitrogen functional groups attached to an aromatic ring is 1. The van der Waals surface area contributed by atoms with E-state index in [1.54, 1.807) is 16.7 Å². The molecule has 0 radical (unpaired) electrons. The van der Waals surface area contributed by atoms with Crippen LogP contribution in [-0.4, -0.2) is 89.0 Å². The Morgan fingerprint density at radius 1 is 1.15 bits per heavy atom. The molecule has 2 aliphatic heterocycles. The van der Waals surface area contributed by atoms with E-state index >= 15 is 0 Å². The molecule has 34 heavy (non-hydrogen) atoms. The van der Waals surface area contributed by atoms with Gasteiger partial charge in [-0.25, -0.2) is 32.2 Å². The number of fused-ring (bicyclic) bond motifs is 1. The molecule has 0 aromatic carbocycles. The zero-order valence-corrected chi connectivity index (χ0v) is 19.9. The van der Waals surface area contributed by atoms with Gasteiger partial charge in [0.1, 0.15) is 5.52 Å². The molecular weight excluding hydrogens is 458 g/mol. The van der Waals surface area contributed by atoms with Crippen LogP contribution >= 0.6 is 0 Å². The second-order valence-electron chi connectivity index (χ2n) is 8.66. The molecule has 5 rings (SSSR count). The highest BCUT2D eigenvalue weighted by atomic mass is 32.2. The Bertz CT molecular complexity index is 1250. The smallest absolute Gasteiger partial charge is 0.219 e. The first-order valence-electron chi connectivity index (χ1n) is 11.4. The highest BCUT2D eigenvalue weighted by Gasteiger charge is 2.25. The number of nitrogens with one attached hydrogen (secondary N) is 1. The lowest BCUT2D eigenvalue weighted by Crippen LogP contribution is -2.44. The molecule has 13 heteroatoms. The number of hydrogen-bond donors (Lipinski definition) is 2. The fourth-order valence-electron chi connectivity index (χ4n) is 4.37. The van der Waals surface area contributed by atoms with Gasteiger partial charge >= 0.3 is 0 Å². The van der Waals surface area contributed by atoms with Gasteiger partial charge in [-0.3, -0.25) is 0 Å². The number of ether oxygens (including phenoxy) is 1. The first kappa shape index (κ1) is 22.9. The van der Waals surface area contributed by atoms with Crippen LogP contribution in [0.5, 0.6) is 0 Å². The third kappa shape index (κ3) is 4.97. The van der Waals surface area contributed by atoms with E-state index in [1.165, 1.54) is 6.26 Å². The van der Waals surface area contributed by atoms with Crippen molar-refractivity contribution in [3.05, 3.63) is 30.4 Å². The average Bonchev–Trinajstić information content (AvgIpc) is 3.26. The van der Waals surface area contributed by atoms with E-state index in [0.29, 0.717) is 38.5 Å². The molecule has 3 N–H and O–H groups in total. The van der Waals surface area contributed by atoms with Crippen molar-refractivity contribution in [2.24, 2.45) is 0 Å². The number of rotatable bonds is 6. The van der Waals surface area contributed by atoms with E-state index in [4.69, 9.17) is 20.6 Å². The van der Waals surface area contributed by atoms with E-state index < -0.39 is 10.0 Å². The zero-order valence-electron chi connectivity index (χ0n) is 19.1. The minimum atomic E-state index is -3.13. The fraction of sp³-hybridized carbons (Fsp3) is 0.524. The highest BCUT2D eigenvalue weighted by Crippen LogP contribution is 2.26. The lowest BCUT2D eigenvalue weighted by molar-refractivity contribution is 0.122. The summed E-state index contributed by atoms with van der Waals surface area (Å²) in [7, 11) is -3.13. The predicted molar refractivity (Wildman–Crippen MR) is 128 cm³/mol. The van der Waals surface area contributed by atoms with E-state index in [0.717, 1.165) is 48.5 Å². The van der Waals surface area contributed by atoms with Gasteiger partial charge in [0.05, 0.1) is 37.1 Å². The summed E-state index contributed by atoms with van der Waals surface area (Å²) in [4.78, 5) is 15.3. The van der Waals surface area contributed by atoms with Gasteiger partial charge in [0.15, 0.2) is 5.82 Å². The number of piperidine rings is 1. The van der Waals surface area contributed by atoms with Crippen LogP contribution in [-0.2, 0) is 21.3 Å². The molecule has 0 aliphatic carbocycles. The van der Waals surface area contributed by atoms with Gasteiger partial charge < -0.3 is 20.7 Å². The minimum absolute atomic E-state index is 0.216. The Morgan fingerprint density at radius 2 is 1.85 bits per heavy atom. The van der Waals surface area contributed by atoms with Crippen molar-refractivity contribution in [3.8, 4) is 11.3 Å². The quantitative estimate of drug-likeness (QED) is 0.492. The summed E-state index contributed by atoms with van der Waals surface area (Å²) in [5, 5.41) is 8.33. The van der Waals surface area contributed by atoms with E-state index in [9.17, 15) is 8.42 Å². The minimum Gasteiger partial charge on any atom is -0.378 e. The van der Waals surface area contributed by atoms with Gasteiger partial charge in [0, 0.05) is 56.7 Å². The topological polar surface area (TPSA) is 144 Å². The Kier molecular flexibility index (Phi) is 6.34. The molecule has 0 atom stereocenters. The van der Waals surface area contributed by atoms with Crippen LogP contribution in [0.25, 0.3) is 16.8 Å². The van der Waals surface area contributed by atoms with Gasteiger partial charge in [-0.15, -0.1) is 0 Å². The third-order valence-corrected chi connectivity index (χ3v) is 7.56. The number of aromatic nitrogens is 5. The van der Waals surface area contributed by atoms with E-state index in [1.807, 2.05) is 10.7 Å². The van der Waals surface area contributed by atoms with Crippen LogP contribution in [0.4, 0.5) is 11.8 Å². The lowest BCUT2D eigenvalue weighted by atomic mass is 10.1. The van der Waals surface area contributed by atoms with Gasteiger partial charge in [-0.2, -0.15) is 5.10 Å². The SMILES string of the molecule is CS(=O)(=O)N1CCC(NCc2cc3c(N4CCOCC4)nc(-c4cnc(N)nc4)cn3n2)CC1. The second-order valence-corrected chi connectivity index (χ2v) is 10.6. The van der Waals surface area contributed by atoms with Crippen molar-refractivity contribution >= 4 is 27.3 Å². The van der Waals surface area contributed by atoms with Gasteiger partial charge in [-0.05, 0) is 18.9 Å². The molecule has 0 amide bonds. The van der Waals surface area contributed by atoms with Crippen molar-refractivity contribution in [2.45, 2.75) is 25.4 Å². The van der Waals surface area contributed by atoms with Crippen LogP contribution in [0.15, 0.2) is 24.7 Å². The molecule has 0 unspecified atom stereocenters. The zero-order chi connectivity index (χ0) is 23.7. The third-order valence-electron chi connectivity index (χ3n) is 6.26. The summed E-state index contributed by atoms with van der Waals surface area (Å²) >= 11 is 0.